The number of ether oxygens (including phenoxy) is 2. The van der Waals surface area contributed by atoms with Crippen molar-refractivity contribution in [2.45, 2.75) is 24.9 Å². The van der Waals surface area contributed by atoms with Crippen molar-refractivity contribution in [3.63, 3.8) is 0 Å². The summed E-state index contributed by atoms with van der Waals surface area (Å²) in [5.41, 5.74) is 6.27. The van der Waals surface area contributed by atoms with E-state index in [1.807, 2.05) is 0 Å². The van der Waals surface area contributed by atoms with Crippen LogP contribution in [0.1, 0.15) is 12.6 Å². The van der Waals surface area contributed by atoms with Gasteiger partial charge < -0.3 is 25.4 Å². The number of nitrogens with zero attached hydrogens (tertiary/aromatic N) is 4. The molecule has 3 atom stereocenters. The normalized spacial score (nSPS) is 26.2. The minimum absolute atomic E-state index is 0.259. The molecule has 4 N–H and O–H groups in total. The molecule has 1 fully saturated rings. The Bertz CT molecular complexity index is 631. The molecular weight excluding hydrogens is 266 g/mol. The van der Waals surface area contributed by atoms with E-state index in [0.29, 0.717) is 23.3 Å². The van der Waals surface area contributed by atoms with Gasteiger partial charge in [0.1, 0.15) is 23.6 Å². The number of nitrogen functional groups attached to an aromatic ring is 1. The summed E-state index contributed by atoms with van der Waals surface area (Å²) < 4.78 is 12.2. The first-order valence-electron chi connectivity index (χ1n) is 6.12. The predicted octanol–water partition coefficient (Wildman–Crippen LogP) is -0.942. The van der Waals surface area contributed by atoms with E-state index >= 15 is 0 Å². The molecule has 1 unspecified atom stereocenters. The molecule has 1 aliphatic heterocycles. The first kappa shape index (κ1) is 13.0. The Kier molecular flexibility index (Phi) is 3.16. The molecule has 0 spiro atoms. The third-order valence-electron chi connectivity index (χ3n) is 3.34. The molecule has 0 saturated carbocycles. The Hall–Kier alpha value is -1.97. The molecule has 2 aromatic heterocycles. The quantitative estimate of drug-likeness (QED) is 0.657. The monoisotopic (exact) mass is 281 g/mol. The predicted molar refractivity (Wildman–Crippen MR) is 67.9 cm³/mol. The summed E-state index contributed by atoms with van der Waals surface area (Å²) in [6.45, 7) is -0.259. The van der Waals surface area contributed by atoms with Crippen LogP contribution in [0, 0.1) is 0 Å². The Morgan fingerprint density at radius 2 is 2.35 bits per heavy atom. The Morgan fingerprint density at radius 3 is 3.00 bits per heavy atom. The van der Waals surface area contributed by atoms with Gasteiger partial charge in [0.05, 0.1) is 19.8 Å². The zero-order valence-corrected chi connectivity index (χ0v) is 10.8. The number of aliphatic hydroxyl groups excluding tert-OH is 2. The fraction of sp³-hybridized carbons (Fsp3) is 0.545. The van der Waals surface area contributed by atoms with Crippen LogP contribution in [0.4, 0.5) is 5.82 Å². The van der Waals surface area contributed by atoms with Crippen LogP contribution in [0.15, 0.2) is 6.33 Å². The molecule has 0 aromatic carbocycles. The Labute approximate surface area is 113 Å². The van der Waals surface area contributed by atoms with Gasteiger partial charge in [-0.2, -0.15) is 0 Å². The van der Waals surface area contributed by atoms with E-state index in [1.165, 1.54) is 18.1 Å². The number of hydrogen-bond donors (Lipinski definition) is 3. The first-order chi connectivity index (χ1) is 9.65. The molecule has 0 aliphatic carbocycles. The van der Waals surface area contributed by atoms with Crippen LogP contribution in [0.5, 0.6) is 5.88 Å². The molecule has 9 nitrogen and oxygen atoms in total. The minimum atomic E-state index is -0.755. The average molecular weight is 281 g/mol. The molecule has 0 amide bonds. The van der Waals surface area contributed by atoms with Crippen LogP contribution in [0.3, 0.4) is 0 Å². The third kappa shape index (κ3) is 1.87. The van der Waals surface area contributed by atoms with E-state index < -0.39 is 18.4 Å². The van der Waals surface area contributed by atoms with E-state index in [9.17, 15) is 5.11 Å². The van der Waals surface area contributed by atoms with Crippen molar-refractivity contribution in [3.05, 3.63) is 6.33 Å². The molecule has 0 bridgehead atoms. The van der Waals surface area contributed by atoms with Crippen molar-refractivity contribution >= 4 is 16.9 Å². The molecule has 3 heterocycles. The topological polar surface area (TPSA) is 129 Å². The molecule has 108 valence electrons. The Morgan fingerprint density at radius 1 is 1.55 bits per heavy atom. The largest absolute Gasteiger partial charge is 0.479 e. The number of hydrogen-bond acceptors (Lipinski definition) is 8. The van der Waals surface area contributed by atoms with Crippen molar-refractivity contribution in [1.29, 1.82) is 0 Å². The van der Waals surface area contributed by atoms with E-state index in [4.69, 9.17) is 20.3 Å². The van der Waals surface area contributed by atoms with Gasteiger partial charge in [-0.05, 0) is 0 Å². The van der Waals surface area contributed by atoms with Crippen molar-refractivity contribution in [3.8, 4) is 5.88 Å². The number of aromatic nitrogens is 4. The maximum atomic E-state index is 9.80. The number of rotatable bonds is 3. The Balaban J connectivity index is 2.07. The van der Waals surface area contributed by atoms with Gasteiger partial charge >= 0.3 is 0 Å². The summed E-state index contributed by atoms with van der Waals surface area (Å²) >= 11 is 0. The van der Waals surface area contributed by atoms with Gasteiger partial charge in [0.15, 0.2) is 11.9 Å². The lowest BCUT2D eigenvalue weighted by atomic mass is 10.2. The number of aliphatic hydroxyl groups is 2. The van der Waals surface area contributed by atoms with Crippen LogP contribution in [-0.4, -0.2) is 55.9 Å². The van der Waals surface area contributed by atoms with Crippen molar-refractivity contribution in [2.75, 3.05) is 19.5 Å². The third-order valence-corrected chi connectivity index (χ3v) is 3.34. The maximum Gasteiger partial charge on any atom is 0.246 e. The van der Waals surface area contributed by atoms with Crippen LogP contribution >= 0.6 is 0 Å². The smallest absolute Gasteiger partial charge is 0.246 e. The lowest BCUT2D eigenvalue weighted by molar-refractivity contribution is -0.0473. The lowest BCUT2D eigenvalue weighted by Crippen LogP contribution is -2.24. The summed E-state index contributed by atoms with van der Waals surface area (Å²) in [5.74, 6) is 0.555. The summed E-state index contributed by atoms with van der Waals surface area (Å²) in [6.07, 6.45) is -0.305. The highest BCUT2D eigenvalue weighted by atomic mass is 16.5. The number of methoxy groups -OCH3 is 1. The first-order valence-corrected chi connectivity index (χ1v) is 6.12. The van der Waals surface area contributed by atoms with Crippen LogP contribution < -0.4 is 10.5 Å². The zero-order valence-electron chi connectivity index (χ0n) is 10.8. The molecule has 3 rings (SSSR count). The highest BCUT2D eigenvalue weighted by molar-refractivity contribution is 5.90. The lowest BCUT2D eigenvalue weighted by Gasteiger charge is -2.12. The van der Waals surface area contributed by atoms with Crippen LogP contribution in [-0.2, 0) is 4.74 Å². The second kappa shape index (κ2) is 4.85. The number of fused-ring (bicyclic) bond motifs is 1. The summed E-state index contributed by atoms with van der Waals surface area (Å²) in [6, 6.07) is 0. The summed E-state index contributed by atoms with van der Waals surface area (Å²) in [4.78, 5) is 8.04. The fourth-order valence-electron chi connectivity index (χ4n) is 2.34. The van der Waals surface area contributed by atoms with Crippen molar-refractivity contribution in [1.82, 2.24) is 19.7 Å². The second-order valence-electron chi connectivity index (χ2n) is 4.53. The number of nitrogens with two attached hydrogens (primary N) is 1. The van der Waals surface area contributed by atoms with E-state index in [2.05, 4.69) is 15.1 Å². The standard InChI is InChI=1S/C11H15N5O4/c1-19-11-8-9(12)13-4-14-10(8)16(15-11)7-2-5(18)6(3-17)20-7/h4-7,17-18H,2-3H2,1H3,(H2,12,13,14)/t5?,6-,7-/m1/s1. The van der Waals surface area contributed by atoms with Crippen molar-refractivity contribution < 1.29 is 19.7 Å². The van der Waals surface area contributed by atoms with Crippen LogP contribution in [0.25, 0.3) is 11.0 Å². The molecular formula is C11H15N5O4. The van der Waals surface area contributed by atoms with E-state index in [-0.39, 0.29) is 12.4 Å². The summed E-state index contributed by atoms with van der Waals surface area (Å²) in [5, 5.41) is 23.7. The maximum absolute atomic E-state index is 9.80. The highest BCUT2D eigenvalue weighted by Crippen LogP contribution is 2.34. The van der Waals surface area contributed by atoms with Gasteiger partial charge in [-0.1, -0.05) is 0 Å². The van der Waals surface area contributed by atoms with Gasteiger partial charge in [-0.3, -0.25) is 0 Å². The van der Waals surface area contributed by atoms with Gasteiger partial charge in [0, 0.05) is 6.42 Å². The van der Waals surface area contributed by atoms with Crippen molar-refractivity contribution in [2.24, 2.45) is 0 Å². The average Bonchev–Trinajstić information content (AvgIpc) is 3.00. The van der Waals surface area contributed by atoms with Gasteiger partial charge in [0.2, 0.25) is 5.88 Å². The highest BCUT2D eigenvalue weighted by Gasteiger charge is 2.36. The van der Waals surface area contributed by atoms with Gasteiger partial charge in [-0.15, -0.1) is 5.10 Å². The van der Waals surface area contributed by atoms with E-state index in [1.54, 1.807) is 0 Å². The molecule has 1 aliphatic rings. The number of anilines is 1. The zero-order chi connectivity index (χ0) is 14.3. The summed E-state index contributed by atoms with van der Waals surface area (Å²) in [7, 11) is 1.47. The van der Waals surface area contributed by atoms with Crippen LogP contribution in [0.2, 0.25) is 0 Å². The molecule has 9 heteroatoms. The minimum Gasteiger partial charge on any atom is -0.479 e. The van der Waals surface area contributed by atoms with Gasteiger partial charge in [-0.25, -0.2) is 14.6 Å². The second-order valence-corrected chi connectivity index (χ2v) is 4.53. The molecule has 1 saturated heterocycles. The fourth-order valence-corrected chi connectivity index (χ4v) is 2.34. The SMILES string of the molecule is COc1nn([C@H]2CC(O)[C@@H](CO)O2)c2ncnc(N)c12. The van der Waals surface area contributed by atoms with Gasteiger partial charge in [0.25, 0.3) is 0 Å². The molecule has 0 radical (unpaired) electrons. The van der Waals surface area contributed by atoms with E-state index in [0.717, 1.165) is 0 Å². The molecule has 2 aromatic rings. The molecule has 20 heavy (non-hydrogen) atoms.